The van der Waals surface area contributed by atoms with Crippen LogP contribution >= 0.6 is 16.1 Å². The summed E-state index contributed by atoms with van der Waals surface area (Å²) in [6.07, 6.45) is 2.97. The van der Waals surface area contributed by atoms with Crippen molar-refractivity contribution in [3.05, 3.63) is 24.3 Å². The van der Waals surface area contributed by atoms with Gasteiger partial charge in [-0.2, -0.15) is 0 Å². The highest BCUT2D eigenvalue weighted by Gasteiger charge is 2.09. The van der Waals surface area contributed by atoms with Gasteiger partial charge in [-0.25, -0.2) is 9.37 Å². The first-order valence-corrected chi connectivity index (χ1v) is 3.98. The highest BCUT2D eigenvalue weighted by molar-refractivity contribution is 9.08. The van der Waals surface area contributed by atoms with Crippen LogP contribution in [-0.2, 0) is 0 Å². The third kappa shape index (κ3) is 0.896. The fraction of sp³-hybridized carbons (Fsp3) is 0. The second kappa shape index (κ2) is 2.45. The number of fused-ring (bicyclic) bond motifs is 1. The van der Waals surface area contributed by atoms with Crippen molar-refractivity contribution in [2.45, 2.75) is 0 Å². The summed E-state index contributed by atoms with van der Waals surface area (Å²) in [5.74, 6) is -0.351. The number of halogens is 2. The molecule has 2 rings (SSSR count). The SMILES string of the molecule is Nc1cn(Br)c2nccc(F)c12. The van der Waals surface area contributed by atoms with E-state index in [-0.39, 0.29) is 5.82 Å². The molecule has 0 saturated carbocycles. The molecule has 62 valence electrons. The van der Waals surface area contributed by atoms with Crippen LogP contribution in [0.25, 0.3) is 11.0 Å². The Balaban J connectivity index is 2.99. The number of hydrogen-bond acceptors (Lipinski definition) is 2. The van der Waals surface area contributed by atoms with Gasteiger partial charge in [-0.05, 0) is 6.07 Å². The number of hydrogen-bond donors (Lipinski definition) is 1. The molecule has 0 aromatic carbocycles. The quantitative estimate of drug-likeness (QED) is 0.751. The molecule has 3 nitrogen and oxygen atoms in total. The van der Waals surface area contributed by atoms with Gasteiger partial charge in [0.05, 0.1) is 27.2 Å². The predicted molar refractivity (Wildman–Crippen MR) is 48.4 cm³/mol. The lowest BCUT2D eigenvalue weighted by Gasteiger charge is -1.92. The van der Waals surface area contributed by atoms with Gasteiger partial charge in [0.15, 0.2) is 5.65 Å². The molecule has 0 amide bonds. The molecule has 0 aliphatic heterocycles. The summed E-state index contributed by atoms with van der Waals surface area (Å²) in [5.41, 5.74) is 6.42. The zero-order chi connectivity index (χ0) is 8.72. The molecule has 12 heavy (non-hydrogen) atoms. The van der Waals surface area contributed by atoms with E-state index in [1.807, 2.05) is 0 Å². The fourth-order valence-electron chi connectivity index (χ4n) is 1.10. The smallest absolute Gasteiger partial charge is 0.155 e. The molecule has 0 spiro atoms. The van der Waals surface area contributed by atoms with E-state index in [2.05, 4.69) is 21.1 Å². The molecule has 5 heteroatoms. The van der Waals surface area contributed by atoms with Crippen LogP contribution in [0.1, 0.15) is 0 Å². The van der Waals surface area contributed by atoms with Crippen LogP contribution in [0.15, 0.2) is 18.5 Å². The third-order valence-corrected chi connectivity index (χ3v) is 2.16. The van der Waals surface area contributed by atoms with Gasteiger partial charge >= 0.3 is 0 Å². The Morgan fingerprint density at radius 3 is 3.00 bits per heavy atom. The Morgan fingerprint density at radius 2 is 2.33 bits per heavy atom. The molecule has 2 aromatic rings. The molecule has 2 N–H and O–H groups in total. The number of nitrogens with two attached hydrogens (primary N) is 1. The molecule has 0 unspecified atom stereocenters. The number of aromatic nitrogens is 2. The zero-order valence-electron chi connectivity index (χ0n) is 5.96. The van der Waals surface area contributed by atoms with Crippen molar-refractivity contribution < 1.29 is 4.39 Å². The van der Waals surface area contributed by atoms with Gasteiger partial charge in [0, 0.05) is 12.4 Å². The minimum atomic E-state index is -0.351. The number of nitrogen functional groups attached to an aromatic ring is 1. The molecule has 0 radical (unpaired) electrons. The normalized spacial score (nSPS) is 10.8. The minimum Gasteiger partial charge on any atom is -0.397 e. The van der Waals surface area contributed by atoms with Crippen molar-refractivity contribution in [2.24, 2.45) is 0 Å². The van der Waals surface area contributed by atoms with E-state index in [1.54, 1.807) is 6.20 Å². The number of rotatable bonds is 0. The summed E-state index contributed by atoms with van der Waals surface area (Å²) in [6.45, 7) is 0. The maximum absolute atomic E-state index is 13.1. The van der Waals surface area contributed by atoms with Crippen molar-refractivity contribution in [1.82, 2.24) is 8.58 Å². The van der Waals surface area contributed by atoms with Crippen LogP contribution in [0.2, 0.25) is 0 Å². The van der Waals surface area contributed by atoms with E-state index in [1.165, 1.54) is 15.9 Å². The van der Waals surface area contributed by atoms with Gasteiger partial charge in [-0.1, -0.05) is 0 Å². The predicted octanol–water partition coefficient (Wildman–Crippen LogP) is 1.92. The Kier molecular flexibility index (Phi) is 1.54. The largest absolute Gasteiger partial charge is 0.397 e. The van der Waals surface area contributed by atoms with Gasteiger partial charge in [-0.3, -0.25) is 3.59 Å². The molecule has 0 aliphatic rings. The fourth-order valence-corrected chi connectivity index (χ4v) is 1.59. The van der Waals surface area contributed by atoms with Gasteiger partial charge < -0.3 is 5.73 Å². The van der Waals surface area contributed by atoms with Gasteiger partial charge in [0.2, 0.25) is 0 Å². The van der Waals surface area contributed by atoms with E-state index in [0.717, 1.165) is 0 Å². The van der Waals surface area contributed by atoms with Crippen molar-refractivity contribution in [3.8, 4) is 0 Å². The van der Waals surface area contributed by atoms with Gasteiger partial charge in [0.25, 0.3) is 0 Å². The monoisotopic (exact) mass is 229 g/mol. The maximum Gasteiger partial charge on any atom is 0.155 e. The average Bonchev–Trinajstić information content (AvgIpc) is 2.29. The topological polar surface area (TPSA) is 43.8 Å². The molecule has 0 fully saturated rings. The number of nitrogens with zero attached hydrogens (tertiary/aromatic N) is 2. The Hall–Kier alpha value is -1.10. The zero-order valence-corrected chi connectivity index (χ0v) is 7.55. The molecule has 0 aliphatic carbocycles. The lowest BCUT2D eigenvalue weighted by molar-refractivity contribution is 0.639. The van der Waals surface area contributed by atoms with Crippen LogP contribution in [0.4, 0.5) is 10.1 Å². The third-order valence-electron chi connectivity index (χ3n) is 1.62. The standard InChI is InChI=1S/C7H5BrFN3/c8-12-3-5(10)6-4(9)1-2-11-7(6)12/h1-3H,10H2. The summed E-state index contributed by atoms with van der Waals surface area (Å²) < 4.78 is 14.6. The van der Waals surface area contributed by atoms with Crippen molar-refractivity contribution in [1.29, 1.82) is 0 Å². The molecule has 0 atom stereocenters. The van der Waals surface area contributed by atoms with Crippen LogP contribution in [0.3, 0.4) is 0 Å². The highest BCUT2D eigenvalue weighted by atomic mass is 79.9. The first-order chi connectivity index (χ1) is 5.70. The Morgan fingerprint density at radius 1 is 1.58 bits per heavy atom. The van der Waals surface area contributed by atoms with Crippen molar-refractivity contribution in [3.63, 3.8) is 0 Å². The molecule has 0 saturated heterocycles. The van der Waals surface area contributed by atoms with Crippen LogP contribution in [0.5, 0.6) is 0 Å². The van der Waals surface area contributed by atoms with Gasteiger partial charge in [0.1, 0.15) is 5.82 Å². The van der Waals surface area contributed by atoms with Gasteiger partial charge in [-0.15, -0.1) is 0 Å². The molecule has 2 heterocycles. The summed E-state index contributed by atoms with van der Waals surface area (Å²) in [6, 6.07) is 1.28. The second-order valence-corrected chi connectivity index (χ2v) is 3.15. The first-order valence-electron chi connectivity index (χ1n) is 3.27. The van der Waals surface area contributed by atoms with E-state index >= 15 is 0 Å². The molecular formula is C7H5BrFN3. The molecule has 0 bridgehead atoms. The van der Waals surface area contributed by atoms with Crippen LogP contribution in [-0.4, -0.2) is 8.58 Å². The van der Waals surface area contributed by atoms with E-state index < -0.39 is 0 Å². The minimum absolute atomic E-state index is 0.351. The van der Waals surface area contributed by atoms with Crippen molar-refractivity contribution >= 4 is 32.9 Å². The van der Waals surface area contributed by atoms with Crippen LogP contribution in [0, 0.1) is 5.82 Å². The lowest BCUT2D eigenvalue weighted by Crippen LogP contribution is -1.85. The average molecular weight is 230 g/mol. The summed E-state index contributed by atoms with van der Waals surface area (Å²) in [4.78, 5) is 3.96. The summed E-state index contributed by atoms with van der Waals surface area (Å²) in [5, 5.41) is 0.356. The molecule has 2 aromatic heterocycles. The lowest BCUT2D eigenvalue weighted by atomic mass is 10.3. The highest BCUT2D eigenvalue weighted by Crippen LogP contribution is 2.25. The van der Waals surface area contributed by atoms with Crippen LogP contribution < -0.4 is 5.73 Å². The van der Waals surface area contributed by atoms with Crippen molar-refractivity contribution in [2.75, 3.05) is 5.73 Å². The summed E-state index contributed by atoms with van der Waals surface area (Å²) in [7, 11) is 0. The van der Waals surface area contributed by atoms with E-state index in [0.29, 0.717) is 16.7 Å². The molecular weight excluding hydrogens is 225 g/mol. The van der Waals surface area contributed by atoms with E-state index in [9.17, 15) is 4.39 Å². The Bertz CT molecular complexity index is 437. The Labute approximate surface area is 76.3 Å². The van der Waals surface area contributed by atoms with E-state index in [4.69, 9.17) is 5.73 Å². The number of anilines is 1. The second-order valence-electron chi connectivity index (χ2n) is 2.39. The number of pyridine rings is 1. The first kappa shape index (κ1) is 7.54. The summed E-state index contributed by atoms with van der Waals surface area (Å²) >= 11 is 3.16. The maximum atomic E-state index is 13.1.